The molecule has 0 saturated carbocycles. The van der Waals surface area contributed by atoms with Crippen molar-refractivity contribution in [1.82, 2.24) is 19.8 Å². The highest BCUT2D eigenvalue weighted by atomic mass is 79.9. The van der Waals surface area contributed by atoms with Crippen LogP contribution < -0.4 is 5.32 Å². The Kier molecular flexibility index (Phi) is 8.88. The molecule has 1 aromatic heterocycles. The molecule has 3 heterocycles. The van der Waals surface area contributed by atoms with E-state index in [1.165, 1.54) is 28.2 Å². The summed E-state index contributed by atoms with van der Waals surface area (Å²) in [4.78, 5) is 52.6. The second-order valence-electron chi connectivity index (χ2n) is 8.95. The molecule has 0 spiro atoms. The van der Waals surface area contributed by atoms with Crippen LogP contribution in [-0.2, 0) is 23.9 Å². The third-order valence-electron chi connectivity index (χ3n) is 6.28. The van der Waals surface area contributed by atoms with E-state index in [4.69, 9.17) is 4.74 Å². The number of alkyl halides is 1. The molecule has 3 aromatic rings. The molecule has 2 amide bonds. The van der Waals surface area contributed by atoms with E-state index in [9.17, 15) is 19.2 Å². The van der Waals surface area contributed by atoms with Crippen LogP contribution in [0.15, 0.2) is 83.4 Å². The number of amides is 2. The lowest BCUT2D eigenvalue weighted by Gasteiger charge is -2.49. The van der Waals surface area contributed by atoms with E-state index in [2.05, 4.69) is 30.8 Å². The Labute approximate surface area is 247 Å². The smallest absolute Gasteiger partial charge is 0.356 e. The summed E-state index contributed by atoms with van der Waals surface area (Å²) in [5, 5.41) is 7.97. The van der Waals surface area contributed by atoms with Crippen molar-refractivity contribution in [1.29, 1.82) is 0 Å². The summed E-state index contributed by atoms with van der Waals surface area (Å²) in [7, 11) is 0. The predicted octanol–water partition coefficient (Wildman–Crippen LogP) is 3.89. The number of thioether (sulfide) groups is 1. The number of nitrogens with zero attached hydrogens (tertiary/aromatic N) is 3. The maximum Gasteiger partial charge on any atom is 0.356 e. The fourth-order valence-corrected chi connectivity index (χ4v) is 6.33. The molecule has 0 radical (unpaired) electrons. The van der Waals surface area contributed by atoms with Gasteiger partial charge in [-0.25, -0.2) is 4.79 Å². The quantitative estimate of drug-likeness (QED) is 0.154. The van der Waals surface area contributed by atoms with E-state index >= 15 is 0 Å². The van der Waals surface area contributed by atoms with Gasteiger partial charge in [0.15, 0.2) is 11.9 Å². The first-order valence-electron chi connectivity index (χ1n) is 12.3. The van der Waals surface area contributed by atoms with Crippen LogP contribution in [0.1, 0.15) is 29.3 Å². The van der Waals surface area contributed by atoms with Crippen molar-refractivity contribution >= 4 is 68.9 Å². The van der Waals surface area contributed by atoms with E-state index in [-0.39, 0.29) is 23.2 Å². The summed E-state index contributed by atoms with van der Waals surface area (Å²) in [6, 6.07) is 17.9. The van der Waals surface area contributed by atoms with Gasteiger partial charge in [0.25, 0.3) is 5.91 Å². The molecule has 2 aliphatic rings. The fourth-order valence-electron chi connectivity index (χ4n) is 4.39. The second kappa shape index (κ2) is 12.7. The van der Waals surface area contributed by atoms with Crippen molar-refractivity contribution < 1.29 is 23.9 Å². The highest BCUT2D eigenvalue weighted by molar-refractivity contribution is 9.09. The molecule has 2 aromatic carbocycles. The molecule has 0 bridgehead atoms. The number of carbonyl (C=O) groups is 4. The van der Waals surface area contributed by atoms with Crippen molar-refractivity contribution in [2.24, 2.45) is 0 Å². The SMILES string of the molecule is O=C(CBr)CC(=O)NC1C(=O)N2C(C(=O)OC(c3ccccc3)c3ccccc3)=C(/C=C\c3csnn3)CS[C@H]12. The molecule has 9 nitrogen and oxygen atoms in total. The Hall–Kier alpha value is -3.61. The maximum absolute atomic E-state index is 13.9. The van der Waals surface area contributed by atoms with E-state index in [1.54, 1.807) is 17.5 Å². The van der Waals surface area contributed by atoms with Crippen LogP contribution in [0.3, 0.4) is 0 Å². The van der Waals surface area contributed by atoms with Gasteiger partial charge >= 0.3 is 5.97 Å². The normalized spacial score (nSPS) is 18.4. The average molecular weight is 640 g/mol. The Bertz CT molecular complexity index is 1420. The summed E-state index contributed by atoms with van der Waals surface area (Å²) in [6.45, 7) is 0. The van der Waals surface area contributed by atoms with Gasteiger partial charge in [0, 0.05) is 11.1 Å². The highest BCUT2D eigenvalue weighted by Gasteiger charge is 2.54. The Morgan fingerprint density at radius 2 is 1.75 bits per heavy atom. The average Bonchev–Trinajstić information content (AvgIpc) is 3.51. The fraction of sp³-hybridized carbons (Fsp3) is 0.214. The van der Waals surface area contributed by atoms with Gasteiger partial charge in [-0.05, 0) is 34.3 Å². The summed E-state index contributed by atoms with van der Waals surface area (Å²) in [6.07, 6.45) is 2.44. The van der Waals surface area contributed by atoms with E-state index in [1.807, 2.05) is 60.7 Å². The number of halogens is 1. The number of Topliss-reactive ketones (excluding diaryl/α,β-unsaturated/α-hetero) is 1. The zero-order chi connectivity index (χ0) is 28.1. The number of hydrogen-bond acceptors (Lipinski definition) is 9. The van der Waals surface area contributed by atoms with Crippen LogP contribution in [0.5, 0.6) is 0 Å². The number of carbonyl (C=O) groups excluding carboxylic acids is 4. The number of aromatic nitrogens is 2. The minimum Gasteiger partial charge on any atom is -0.448 e. The van der Waals surface area contributed by atoms with Crippen molar-refractivity contribution in [2.75, 3.05) is 11.1 Å². The third kappa shape index (κ3) is 6.08. The Balaban J connectivity index is 1.45. The molecule has 1 unspecified atom stereocenters. The van der Waals surface area contributed by atoms with Crippen LogP contribution in [0.25, 0.3) is 6.08 Å². The van der Waals surface area contributed by atoms with Crippen molar-refractivity contribution in [3.8, 4) is 0 Å². The zero-order valence-corrected chi connectivity index (χ0v) is 24.2. The molecule has 5 rings (SSSR count). The number of allylic oxidation sites excluding steroid dienone is 1. The van der Waals surface area contributed by atoms with E-state index in [0.29, 0.717) is 17.0 Å². The lowest BCUT2D eigenvalue weighted by Crippen LogP contribution is -2.70. The standard InChI is InChI=1S/C28H23BrN4O5S2/c29-14-21(34)13-22(35)30-23-26(36)33-24(19(15-39-27(23)33)11-12-20-16-40-32-31-20)28(37)38-25(17-7-3-1-4-8-17)18-9-5-2-6-10-18/h1-12,16,23,25,27H,13-15H2,(H,30,35)/b12-11-/t23?,27-/m1/s1. The molecule has 0 aliphatic carbocycles. The van der Waals surface area contributed by atoms with Gasteiger partial charge in [-0.1, -0.05) is 87.2 Å². The van der Waals surface area contributed by atoms with Crippen molar-refractivity contribution in [2.45, 2.75) is 23.9 Å². The first kappa shape index (κ1) is 27.9. The van der Waals surface area contributed by atoms with Gasteiger partial charge in [-0.3, -0.25) is 19.3 Å². The van der Waals surface area contributed by atoms with Crippen molar-refractivity contribution in [3.63, 3.8) is 0 Å². The Morgan fingerprint density at radius 3 is 2.35 bits per heavy atom. The molecule has 204 valence electrons. The first-order chi connectivity index (χ1) is 19.5. The summed E-state index contributed by atoms with van der Waals surface area (Å²) >= 11 is 5.66. The molecule has 1 saturated heterocycles. The largest absolute Gasteiger partial charge is 0.448 e. The lowest BCUT2D eigenvalue weighted by molar-refractivity contribution is -0.154. The Morgan fingerprint density at radius 1 is 1.07 bits per heavy atom. The number of ketones is 1. The molecule has 2 atom stereocenters. The number of nitrogens with one attached hydrogen (secondary N) is 1. The first-order valence-corrected chi connectivity index (χ1v) is 15.3. The molecule has 2 aliphatic heterocycles. The maximum atomic E-state index is 13.9. The van der Waals surface area contributed by atoms with Gasteiger partial charge in [0.05, 0.1) is 17.4 Å². The van der Waals surface area contributed by atoms with Crippen LogP contribution in [0.4, 0.5) is 0 Å². The van der Waals surface area contributed by atoms with Crippen molar-refractivity contribution in [3.05, 3.63) is 100 Å². The number of fused-ring (bicyclic) bond motifs is 1. The van der Waals surface area contributed by atoms with Gasteiger partial charge in [-0.2, -0.15) is 0 Å². The minimum atomic E-state index is -0.851. The molecule has 40 heavy (non-hydrogen) atoms. The molecular weight excluding hydrogens is 616 g/mol. The lowest BCUT2D eigenvalue weighted by atomic mass is 10.0. The molecular formula is C28H23BrN4O5S2. The van der Waals surface area contributed by atoms with Gasteiger partial charge in [0.1, 0.15) is 17.1 Å². The number of ether oxygens (including phenoxy) is 1. The molecule has 12 heteroatoms. The topological polar surface area (TPSA) is 119 Å². The monoisotopic (exact) mass is 638 g/mol. The molecule has 1 fully saturated rings. The summed E-state index contributed by atoms with van der Waals surface area (Å²) in [5.74, 6) is -1.54. The van der Waals surface area contributed by atoms with E-state index < -0.39 is 35.3 Å². The van der Waals surface area contributed by atoms with Gasteiger partial charge < -0.3 is 10.1 Å². The number of hydrogen-bond donors (Lipinski definition) is 1. The van der Waals surface area contributed by atoms with Crippen LogP contribution >= 0.6 is 39.2 Å². The number of β-lactam (4-membered cyclic amide) rings is 1. The number of esters is 1. The van der Waals surface area contributed by atoms with Gasteiger partial charge in [-0.15, -0.1) is 16.9 Å². The minimum absolute atomic E-state index is 0.0518. The highest BCUT2D eigenvalue weighted by Crippen LogP contribution is 2.42. The van der Waals surface area contributed by atoms with Gasteiger partial charge in [0.2, 0.25) is 5.91 Å². The number of benzene rings is 2. The number of rotatable bonds is 10. The van der Waals surface area contributed by atoms with Crippen LogP contribution in [-0.4, -0.2) is 60.6 Å². The van der Waals surface area contributed by atoms with Crippen LogP contribution in [0.2, 0.25) is 0 Å². The predicted molar refractivity (Wildman–Crippen MR) is 155 cm³/mol. The summed E-state index contributed by atoms with van der Waals surface area (Å²) in [5.41, 5.74) is 2.90. The van der Waals surface area contributed by atoms with Crippen LogP contribution in [0, 0.1) is 0 Å². The zero-order valence-electron chi connectivity index (χ0n) is 20.9. The summed E-state index contributed by atoms with van der Waals surface area (Å²) < 4.78 is 9.97. The molecule has 1 N–H and O–H groups in total. The van der Waals surface area contributed by atoms with E-state index in [0.717, 1.165) is 11.1 Å². The second-order valence-corrected chi connectivity index (χ2v) is 11.2. The third-order valence-corrected chi connectivity index (χ3v) is 8.73.